The van der Waals surface area contributed by atoms with Crippen LogP contribution >= 0.6 is 0 Å². The molecule has 0 fully saturated rings. The molecule has 0 radical (unpaired) electrons. The predicted molar refractivity (Wildman–Crippen MR) is 108 cm³/mol. The Labute approximate surface area is 165 Å². The van der Waals surface area contributed by atoms with Gasteiger partial charge in [0.15, 0.2) is 5.60 Å². The van der Waals surface area contributed by atoms with Crippen molar-refractivity contribution in [2.24, 2.45) is 0 Å². The third kappa shape index (κ3) is 6.87. The van der Waals surface area contributed by atoms with Gasteiger partial charge in [0.2, 0.25) is 5.91 Å². The number of hydrogen-bond donors (Lipinski definition) is 1. The lowest BCUT2D eigenvalue weighted by atomic mass is 10.1. The molecular formula is C22H26N2O4. The highest BCUT2D eigenvalue weighted by atomic mass is 16.6. The predicted octanol–water partition coefficient (Wildman–Crippen LogP) is 3.17. The van der Waals surface area contributed by atoms with E-state index in [9.17, 15) is 9.59 Å². The van der Waals surface area contributed by atoms with Gasteiger partial charge in [-0.25, -0.2) is 4.79 Å². The van der Waals surface area contributed by atoms with Crippen LogP contribution in [0, 0.1) is 0 Å². The number of pyridine rings is 1. The minimum atomic E-state index is -1.07. The van der Waals surface area contributed by atoms with Crippen LogP contribution in [-0.2, 0) is 20.7 Å². The summed E-state index contributed by atoms with van der Waals surface area (Å²) in [6.07, 6.45) is 7.21. The van der Waals surface area contributed by atoms with Crippen LogP contribution in [0.4, 0.5) is 0 Å². The van der Waals surface area contributed by atoms with Gasteiger partial charge in [-0.1, -0.05) is 18.2 Å². The Kier molecular flexibility index (Phi) is 7.75. The Balaban J connectivity index is 1.85. The van der Waals surface area contributed by atoms with E-state index < -0.39 is 11.6 Å². The van der Waals surface area contributed by atoms with E-state index in [1.54, 1.807) is 45.3 Å². The van der Waals surface area contributed by atoms with Gasteiger partial charge < -0.3 is 14.8 Å². The number of nitrogens with zero attached hydrogens (tertiary/aromatic N) is 1. The lowest BCUT2D eigenvalue weighted by Gasteiger charge is -2.24. The molecule has 6 heteroatoms. The maximum atomic E-state index is 12.0. The molecule has 148 valence electrons. The normalized spacial score (nSPS) is 11.2. The van der Waals surface area contributed by atoms with E-state index in [1.807, 2.05) is 30.3 Å². The molecule has 6 nitrogen and oxygen atoms in total. The average molecular weight is 382 g/mol. The van der Waals surface area contributed by atoms with Crippen molar-refractivity contribution in [1.82, 2.24) is 10.3 Å². The second-order valence-electron chi connectivity index (χ2n) is 6.64. The molecule has 0 bridgehead atoms. The number of benzene rings is 1. The molecule has 1 aromatic heterocycles. The molecule has 0 spiro atoms. The molecule has 0 aliphatic carbocycles. The largest absolute Gasteiger partial charge is 0.476 e. The average Bonchev–Trinajstić information content (AvgIpc) is 2.67. The van der Waals surface area contributed by atoms with Gasteiger partial charge in [0, 0.05) is 25.0 Å². The number of esters is 1. The smallest absolute Gasteiger partial charge is 0.349 e. The van der Waals surface area contributed by atoms with Crippen molar-refractivity contribution in [3.63, 3.8) is 0 Å². The first-order chi connectivity index (χ1) is 13.4. The lowest BCUT2D eigenvalue weighted by molar-refractivity contribution is -0.158. The van der Waals surface area contributed by atoms with E-state index in [-0.39, 0.29) is 5.91 Å². The Morgan fingerprint density at radius 3 is 2.75 bits per heavy atom. The van der Waals surface area contributed by atoms with E-state index >= 15 is 0 Å². The number of aromatic nitrogens is 1. The Morgan fingerprint density at radius 1 is 1.21 bits per heavy atom. The summed E-state index contributed by atoms with van der Waals surface area (Å²) in [6, 6.07) is 11.1. The van der Waals surface area contributed by atoms with Gasteiger partial charge in [0.1, 0.15) is 5.75 Å². The minimum Gasteiger partial charge on any atom is -0.476 e. The monoisotopic (exact) mass is 382 g/mol. The number of amides is 1. The third-order valence-electron chi connectivity index (χ3n) is 3.86. The number of ether oxygens (including phenoxy) is 2. The quantitative estimate of drug-likeness (QED) is 0.532. The number of rotatable bonds is 9. The van der Waals surface area contributed by atoms with Gasteiger partial charge >= 0.3 is 5.97 Å². The summed E-state index contributed by atoms with van der Waals surface area (Å²) in [5.41, 5.74) is 0.792. The van der Waals surface area contributed by atoms with Gasteiger partial charge in [-0.15, -0.1) is 0 Å². The Bertz CT molecular complexity index is 816. The van der Waals surface area contributed by atoms with Crippen molar-refractivity contribution in [2.75, 3.05) is 13.2 Å². The summed E-state index contributed by atoms with van der Waals surface area (Å²) in [4.78, 5) is 27.9. The standard InChI is InChI=1S/C22H26N2O4/c1-4-27-21(26)22(2,3)28-19-9-5-7-17(15-19)12-14-24-20(25)11-10-18-8-6-13-23-16-18/h5-11,13,15-16H,4,12,14H2,1-3H3,(H,24,25). The number of carbonyl (C=O) groups excluding carboxylic acids is 2. The fraction of sp³-hybridized carbons (Fsp3) is 0.318. The molecule has 0 saturated heterocycles. The molecular weight excluding hydrogens is 356 g/mol. The fourth-order valence-corrected chi connectivity index (χ4v) is 2.44. The molecule has 1 amide bonds. The first-order valence-corrected chi connectivity index (χ1v) is 9.22. The first kappa shape index (κ1) is 21.2. The summed E-state index contributed by atoms with van der Waals surface area (Å²) in [7, 11) is 0. The van der Waals surface area contributed by atoms with Crippen LogP contribution in [0.2, 0.25) is 0 Å². The van der Waals surface area contributed by atoms with Gasteiger partial charge in [0.25, 0.3) is 0 Å². The number of carbonyl (C=O) groups is 2. The highest BCUT2D eigenvalue weighted by molar-refractivity contribution is 5.91. The second kappa shape index (κ2) is 10.3. The fourth-order valence-electron chi connectivity index (χ4n) is 2.44. The molecule has 28 heavy (non-hydrogen) atoms. The van der Waals surface area contributed by atoms with Gasteiger partial charge in [-0.05, 0) is 62.6 Å². The molecule has 0 aliphatic heterocycles. The SMILES string of the molecule is CCOC(=O)C(C)(C)Oc1cccc(CCNC(=O)C=Cc2cccnc2)c1. The van der Waals surface area contributed by atoms with E-state index in [0.29, 0.717) is 25.3 Å². The maximum Gasteiger partial charge on any atom is 0.349 e. The van der Waals surface area contributed by atoms with Crippen molar-refractivity contribution in [1.29, 1.82) is 0 Å². The zero-order valence-electron chi connectivity index (χ0n) is 16.5. The van der Waals surface area contributed by atoms with Crippen LogP contribution in [0.1, 0.15) is 31.9 Å². The summed E-state index contributed by atoms with van der Waals surface area (Å²) in [5, 5.41) is 2.84. The molecule has 1 N–H and O–H groups in total. The molecule has 0 aliphatic rings. The molecule has 2 aromatic rings. The van der Waals surface area contributed by atoms with Crippen molar-refractivity contribution < 1.29 is 19.1 Å². The zero-order chi connectivity index (χ0) is 20.4. The third-order valence-corrected chi connectivity index (χ3v) is 3.86. The second-order valence-corrected chi connectivity index (χ2v) is 6.64. The first-order valence-electron chi connectivity index (χ1n) is 9.22. The minimum absolute atomic E-state index is 0.167. The molecule has 0 unspecified atom stereocenters. The Morgan fingerprint density at radius 2 is 2.04 bits per heavy atom. The lowest BCUT2D eigenvalue weighted by Crippen LogP contribution is -2.39. The van der Waals surface area contributed by atoms with Crippen LogP contribution < -0.4 is 10.1 Å². The van der Waals surface area contributed by atoms with E-state index in [4.69, 9.17) is 9.47 Å². The van der Waals surface area contributed by atoms with Crippen LogP contribution in [0.5, 0.6) is 5.75 Å². The van der Waals surface area contributed by atoms with Crippen LogP contribution in [0.3, 0.4) is 0 Å². The number of nitrogens with one attached hydrogen (secondary N) is 1. The molecule has 2 rings (SSSR count). The number of hydrogen-bond acceptors (Lipinski definition) is 5. The molecule has 1 heterocycles. The highest BCUT2D eigenvalue weighted by Crippen LogP contribution is 2.21. The molecule has 1 aromatic carbocycles. The summed E-state index contributed by atoms with van der Waals surface area (Å²) < 4.78 is 10.8. The summed E-state index contributed by atoms with van der Waals surface area (Å²) >= 11 is 0. The van der Waals surface area contributed by atoms with Crippen molar-refractivity contribution in [3.8, 4) is 5.75 Å². The summed E-state index contributed by atoms with van der Waals surface area (Å²) in [6.45, 7) is 5.90. The maximum absolute atomic E-state index is 12.0. The van der Waals surface area contributed by atoms with Crippen molar-refractivity contribution >= 4 is 18.0 Å². The van der Waals surface area contributed by atoms with Gasteiger partial charge in [0.05, 0.1) is 6.61 Å². The van der Waals surface area contributed by atoms with Crippen molar-refractivity contribution in [2.45, 2.75) is 32.8 Å². The van der Waals surface area contributed by atoms with Gasteiger partial charge in [-0.3, -0.25) is 9.78 Å². The van der Waals surface area contributed by atoms with E-state index in [1.165, 1.54) is 6.08 Å². The van der Waals surface area contributed by atoms with Crippen LogP contribution in [-0.4, -0.2) is 35.6 Å². The zero-order valence-corrected chi connectivity index (χ0v) is 16.5. The van der Waals surface area contributed by atoms with E-state index in [2.05, 4.69) is 10.3 Å². The van der Waals surface area contributed by atoms with Crippen LogP contribution in [0.25, 0.3) is 6.08 Å². The summed E-state index contributed by atoms with van der Waals surface area (Å²) in [5.74, 6) is 0.00567. The van der Waals surface area contributed by atoms with Crippen LogP contribution in [0.15, 0.2) is 54.9 Å². The highest BCUT2D eigenvalue weighted by Gasteiger charge is 2.31. The molecule has 0 atom stereocenters. The Hall–Kier alpha value is -3.15. The topological polar surface area (TPSA) is 77.5 Å². The molecule has 0 saturated carbocycles. The van der Waals surface area contributed by atoms with E-state index in [0.717, 1.165) is 11.1 Å². The van der Waals surface area contributed by atoms with Crippen molar-refractivity contribution in [3.05, 3.63) is 66.0 Å². The van der Waals surface area contributed by atoms with Gasteiger partial charge in [-0.2, -0.15) is 0 Å².